The van der Waals surface area contributed by atoms with Crippen LogP contribution >= 0.6 is 0 Å². The average Bonchev–Trinajstić information content (AvgIpc) is 3.26. The number of carbonyl (C=O) groups is 2. The van der Waals surface area contributed by atoms with Crippen molar-refractivity contribution in [2.45, 2.75) is 19.8 Å². The molecule has 2 aromatic rings. The molecule has 0 radical (unpaired) electrons. The summed E-state index contributed by atoms with van der Waals surface area (Å²) in [5.74, 6) is -0.668. The van der Waals surface area contributed by atoms with Gasteiger partial charge in [-0.15, -0.1) is 0 Å². The van der Waals surface area contributed by atoms with E-state index in [0.717, 1.165) is 12.8 Å². The molecule has 0 spiro atoms. The van der Waals surface area contributed by atoms with Gasteiger partial charge in [0.15, 0.2) is 0 Å². The third-order valence-electron chi connectivity index (χ3n) is 4.75. The molecule has 0 saturated carbocycles. The minimum Gasteiger partial charge on any atom is -0.337 e. The maximum atomic E-state index is 13.1. The molecule has 28 heavy (non-hydrogen) atoms. The summed E-state index contributed by atoms with van der Waals surface area (Å²) in [6.07, 6.45) is 1.84. The smallest absolute Gasteiger partial charge is 0.270 e. The fourth-order valence-corrected chi connectivity index (χ4v) is 3.16. The highest BCUT2D eigenvalue weighted by Gasteiger charge is 2.25. The largest absolute Gasteiger partial charge is 0.337 e. The molecule has 3 rings (SSSR count). The van der Waals surface area contributed by atoms with Crippen molar-refractivity contribution in [1.29, 1.82) is 0 Å². The lowest BCUT2D eigenvalue weighted by atomic mass is 10.0. The number of carbonyl (C=O) groups excluding carboxylic acids is 2. The van der Waals surface area contributed by atoms with Crippen molar-refractivity contribution in [1.82, 2.24) is 10.2 Å². The number of hydrogen-bond acceptors (Lipinski definition) is 4. The van der Waals surface area contributed by atoms with E-state index in [0.29, 0.717) is 29.8 Å². The molecule has 7 heteroatoms. The molecule has 0 aliphatic carbocycles. The Labute approximate surface area is 162 Å². The van der Waals surface area contributed by atoms with Gasteiger partial charge in [-0.3, -0.25) is 19.7 Å². The van der Waals surface area contributed by atoms with Crippen LogP contribution in [0.15, 0.2) is 60.3 Å². The molecular formula is C21H21N3O4. The van der Waals surface area contributed by atoms with E-state index in [2.05, 4.69) is 5.32 Å². The lowest BCUT2D eigenvalue weighted by molar-refractivity contribution is -0.384. The summed E-state index contributed by atoms with van der Waals surface area (Å²) in [5.41, 5.74) is 1.52. The van der Waals surface area contributed by atoms with E-state index in [1.807, 2.05) is 0 Å². The summed E-state index contributed by atoms with van der Waals surface area (Å²) in [5, 5.41) is 13.8. The van der Waals surface area contributed by atoms with Crippen molar-refractivity contribution in [3.05, 3.63) is 81.5 Å². The second kappa shape index (κ2) is 8.47. The molecule has 0 aromatic heterocycles. The Morgan fingerprint density at radius 2 is 1.64 bits per heavy atom. The van der Waals surface area contributed by atoms with Gasteiger partial charge in [0.05, 0.1) is 4.92 Å². The Morgan fingerprint density at radius 1 is 1.00 bits per heavy atom. The minimum absolute atomic E-state index is 0.0702. The summed E-state index contributed by atoms with van der Waals surface area (Å²) in [7, 11) is 0. The molecule has 144 valence electrons. The van der Waals surface area contributed by atoms with Crippen molar-refractivity contribution in [2.24, 2.45) is 0 Å². The number of nitrogens with one attached hydrogen (secondary N) is 1. The number of nitro groups is 1. The average molecular weight is 379 g/mol. The number of nitrogens with zero attached hydrogens (tertiary/aromatic N) is 2. The predicted molar refractivity (Wildman–Crippen MR) is 105 cm³/mol. The molecule has 1 saturated heterocycles. The van der Waals surface area contributed by atoms with Crippen molar-refractivity contribution in [3.8, 4) is 0 Å². The van der Waals surface area contributed by atoms with Crippen molar-refractivity contribution >= 4 is 23.1 Å². The Morgan fingerprint density at radius 3 is 2.29 bits per heavy atom. The van der Waals surface area contributed by atoms with Gasteiger partial charge in [0.25, 0.3) is 17.5 Å². The van der Waals surface area contributed by atoms with Gasteiger partial charge in [-0.25, -0.2) is 0 Å². The second-order valence-corrected chi connectivity index (χ2v) is 6.63. The van der Waals surface area contributed by atoms with Crippen LogP contribution in [-0.4, -0.2) is 34.7 Å². The Bertz CT molecular complexity index is 932. The molecule has 7 nitrogen and oxygen atoms in total. The number of non-ortho nitro benzene ring substituents is 1. The normalized spacial score (nSPS) is 14.4. The van der Waals surface area contributed by atoms with E-state index in [-0.39, 0.29) is 17.3 Å². The monoisotopic (exact) mass is 379 g/mol. The molecule has 0 atom stereocenters. The Balaban J connectivity index is 2.00. The van der Waals surface area contributed by atoms with Gasteiger partial charge in [-0.05, 0) is 43.0 Å². The van der Waals surface area contributed by atoms with Crippen LogP contribution in [0.1, 0.15) is 35.7 Å². The van der Waals surface area contributed by atoms with Gasteiger partial charge in [-0.2, -0.15) is 0 Å². The van der Waals surface area contributed by atoms with Gasteiger partial charge in [0.2, 0.25) is 0 Å². The van der Waals surface area contributed by atoms with E-state index in [1.165, 1.54) is 12.1 Å². The first-order chi connectivity index (χ1) is 13.5. The zero-order valence-corrected chi connectivity index (χ0v) is 15.6. The fraction of sp³-hybridized carbons (Fsp3) is 0.238. The van der Waals surface area contributed by atoms with Crippen LogP contribution in [0, 0.1) is 10.1 Å². The molecule has 0 unspecified atom stereocenters. The quantitative estimate of drug-likeness (QED) is 0.490. The van der Waals surface area contributed by atoms with Crippen LogP contribution in [0.25, 0.3) is 5.57 Å². The van der Waals surface area contributed by atoms with Crippen LogP contribution in [0.5, 0.6) is 0 Å². The SMILES string of the molecule is CC(=C(NC(=O)c1ccccc1)C(=O)N1CCCC1)c1cccc([N+](=O)[O-])c1. The van der Waals surface area contributed by atoms with Gasteiger partial charge in [0.1, 0.15) is 5.70 Å². The molecule has 0 bridgehead atoms. The Hall–Kier alpha value is -3.48. The lowest BCUT2D eigenvalue weighted by Gasteiger charge is -2.20. The number of amides is 2. The first-order valence-electron chi connectivity index (χ1n) is 9.09. The highest BCUT2D eigenvalue weighted by atomic mass is 16.6. The summed E-state index contributed by atoms with van der Waals surface area (Å²) in [4.78, 5) is 38.0. The molecule has 1 fully saturated rings. The van der Waals surface area contributed by atoms with Gasteiger partial charge in [-0.1, -0.05) is 30.3 Å². The minimum atomic E-state index is -0.485. The van der Waals surface area contributed by atoms with Crippen LogP contribution in [0.2, 0.25) is 0 Å². The molecule has 1 N–H and O–H groups in total. The first-order valence-corrected chi connectivity index (χ1v) is 9.09. The highest BCUT2D eigenvalue weighted by molar-refractivity contribution is 6.07. The van der Waals surface area contributed by atoms with E-state index >= 15 is 0 Å². The van der Waals surface area contributed by atoms with E-state index in [9.17, 15) is 19.7 Å². The van der Waals surface area contributed by atoms with Crippen molar-refractivity contribution < 1.29 is 14.5 Å². The summed E-state index contributed by atoms with van der Waals surface area (Å²) in [6, 6.07) is 14.7. The number of allylic oxidation sites excluding steroid dienone is 1. The first kappa shape index (κ1) is 19.3. The third-order valence-corrected chi connectivity index (χ3v) is 4.75. The van der Waals surface area contributed by atoms with Crippen LogP contribution in [0.3, 0.4) is 0 Å². The maximum absolute atomic E-state index is 13.1. The molecule has 1 aliphatic rings. The molecule has 2 amide bonds. The second-order valence-electron chi connectivity index (χ2n) is 6.63. The highest BCUT2D eigenvalue weighted by Crippen LogP contribution is 2.24. The Kier molecular flexibility index (Phi) is 5.84. The van der Waals surface area contributed by atoms with Gasteiger partial charge >= 0.3 is 0 Å². The van der Waals surface area contributed by atoms with Gasteiger partial charge in [0, 0.05) is 30.8 Å². The summed E-state index contributed by atoms with van der Waals surface area (Å²) < 4.78 is 0. The number of hydrogen-bond donors (Lipinski definition) is 1. The lowest BCUT2D eigenvalue weighted by Crippen LogP contribution is -2.37. The maximum Gasteiger partial charge on any atom is 0.270 e. The number of nitro benzene ring substituents is 1. The standard InChI is InChI=1S/C21H21N3O4/c1-15(17-10-7-11-18(14-17)24(27)28)19(21(26)23-12-5-6-13-23)22-20(25)16-8-3-2-4-9-16/h2-4,7-11,14H,5-6,12-13H2,1H3,(H,22,25). The zero-order valence-electron chi connectivity index (χ0n) is 15.6. The number of likely N-dealkylation sites (tertiary alicyclic amines) is 1. The van der Waals surface area contributed by atoms with Crippen molar-refractivity contribution in [2.75, 3.05) is 13.1 Å². The topological polar surface area (TPSA) is 92.6 Å². The molecule has 2 aromatic carbocycles. The van der Waals surface area contributed by atoms with Crippen LogP contribution < -0.4 is 5.32 Å². The summed E-state index contributed by atoms with van der Waals surface area (Å²) >= 11 is 0. The third kappa shape index (κ3) is 4.25. The summed E-state index contributed by atoms with van der Waals surface area (Å²) in [6.45, 7) is 2.95. The van der Waals surface area contributed by atoms with Gasteiger partial charge < -0.3 is 10.2 Å². The van der Waals surface area contributed by atoms with E-state index < -0.39 is 10.8 Å². The number of rotatable bonds is 5. The zero-order chi connectivity index (χ0) is 20.1. The van der Waals surface area contributed by atoms with E-state index in [4.69, 9.17) is 0 Å². The molecule has 1 heterocycles. The fourth-order valence-electron chi connectivity index (χ4n) is 3.16. The molecular weight excluding hydrogens is 358 g/mol. The molecule has 1 aliphatic heterocycles. The van der Waals surface area contributed by atoms with E-state index in [1.54, 1.807) is 54.3 Å². The van der Waals surface area contributed by atoms with Crippen LogP contribution in [0.4, 0.5) is 5.69 Å². The van der Waals surface area contributed by atoms with Crippen molar-refractivity contribution in [3.63, 3.8) is 0 Å². The number of benzene rings is 2. The van der Waals surface area contributed by atoms with Crippen LogP contribution in [-0.2, 0) is 4.79 Å². The predicted octanol–water partition coefficient (Wildman–Crippen LogP) is 3.38.